The monoisotopic (exact) mass is 289 g/mol. The van der Waals surface area contributed by atoms with E-state index >= 15 is 0 Å². The number of hydrogen-bond acceptors (Lipinski definition) is 3. The lowest BCUT2D eigenvalue weighted by Gasteiger charge is -2.28. The summed E-state index contributed by atoms with van der Waals surface area (Å²) < 4.78 is 5.12. The van der Waals surface area contributed by atoms with Gasteiger partial charge in [-0.1, -0.05) is 18.2 Å². The van der Waals surface area contributed by atoms with Gasteiger partial charge in [0, 0.05) is 12.6 Å². The third-order valence-corrected chi connectivity index (χ3v) is 4.56. The Kier molecular flexibility index (Phi) is 5.80. The number of carbonyl (C=O) groups is 1. The molecule has 0 heterocycles. The zero-order chi connectivity index (χ0) is 15.2. The van der Waals surface area contributed by atoms with E-state index in [2.05, 4.69) is 37.4 Å². The van der Waals surface area contributed by atoms with E-state index in [0.29, 0.717) is 12.6 Å². The van der Waals surface area contributed by atoms with E-state index in [9.17, 15) is 4.79 Å². The van der Waals surface area contributed by atoms with Crippen LogP contribution in [0.3, 0.4) is 0 Å². The maximum absolute atomic E-state index is 11.7. The van der Waals surface area contributed by atoms with Gasteiger partial charge in [0.1, 0.15) is 0 Å². The van der Waals surface area contributed by atoms with E-state index in [0.717, 1.165) is 32.2 Å². The fraction of sp³-hybridized carbons (Fsp3) is 0.611. The molecule has 0 aromatic heterocycles. The molecule has 0 saturated heterocycles. The van der Waals surface area contributed by atoms with E-state index in [1.807, 2.05) is 6.92 Å². The molecule has 21 heavy (non-hydrogen) atoms. The van der Waals surface area contributed by atoms with E-state index in [1.165, 1.54) is 16.7 Å². The van der Waals surface area contributed by atoms with Crippen LogP contribution in [-0.2, 0) is 16.1 Å². The second-order valence-corrected chi connectivity index (χ2v) is 6.05. The first-order valence-corrected chi connectivity index (χ1v) is 8.07. The quantitative estimate of drug-likeness (QED) is 0.843. The summed E-state index contributed by atoms with van der Waals surface area (Å²) in [6, 6.07) is 6.97. The maximum atomic E-state index is 11.7. The highest BCUT2D eigenvalue weighted by atomic mass is 16.5. The first kappa shape index (κ1) is 16.0. The van der Waals surface area contributed by atoms with Crippen LogP contribution in [0.25, 0.3) is 0 Å². The van der Waals surface area contributed by atoms with Gasteiger partial charge in [-0.05, 0) is 63.1 Å². The Morgan fingerprint density at radius 1 is 1.19 bits per heavy atom. The fourth-order valence-corrected chi connectivity index (χ4v) is 3.17. The summed E-state index contributed by atoms with van der Waals surface area (Å²) in [5, 5.41) is 3.66. The van der Waals surface area contributed by atoms with E-state index in [-0.39, 0.29) is 11.9 Å². The molecule has 0 radical (unpaired) electrons. The summed E-state index contributed by atoms with van der Waals surface area (Å²) in [5.74, 6) is 0.105. The number of hydrogen-bond donors (Lipinski definition) is 1. The molecule has 0 amide bonds. The van der Waals surface area contributed by atoms with Crippen molar-refractivity contribution in [2.75, 3.05) is 6.61 Å². The van der Waals surface area contributed by atoms with Crippen molar-refractivity contribution in [3.05, 3.63) is 34.9 Å². The number of rotatable bonds is 5. The largest absolute Gasteiger partial charge is 0.466 e. The summed E-state index contributed by atoms with van der Waals surface area (Å²) in [6.07, 6.45) is 4.02. The van der Waals surface area contributed by atoms with Gasteiger partial charge in [0.2, 0.25) is 0 Å². The van der Waals surface area contributed by atoms with Gasteiger partial charge in [0.05, 0.1) is 12.5 Å². The zero-order valence-corrected chi connectivity index (χ0v) is 13.4. The first-order chi connectivity index (χ1) is 10.1. The summed E-state index contributed by atoms with van der Waals surface area (Å²) in [4.78, 5) is 11.7. The van der Waals surface area contributed by atoms with Crippen LogP contribution < -0.4 is 5.32 Å². The predicted octanol–water partition coefficient (Wildman–Crippen LogP) is 3.51. The Balaban J connectivity index is 1.80. The molecule has 2 rings (SSSR count). The Bertz CT molecular complexity index is 456. The summed E-state index contributed by atoms with van der Waals surface area (Å²) >= 11 is 0. The Hall–Kier alpha value is -1.35. The Morgan fingerprint density at radius 2 is 1.81 bits per heavy atom. The molecule has 3 nitrogen and oxygen atoms in total. The minimum atomic E-state index is -0.00861. The molecule has 116 valence electrons. The van der Waals surface area contributed by atoms with Crippen LogP contribution in [0.1, 0.15) is 49.3 Å². The van der Waals surface area contributed by atoms with Crippen molar-refractivity contribution in [1.82, 2.24) is 5.32 Å². The van der Waals surface area contributed by atoms with Gasteiger partial charge in [0.25, 0.3) is 0 Å². The number of ether oxygens (including phenoxy) is 1. The number of nitrogens with one attached hydrogen (secondary N) is 1. The third kappa shape index (κ3) is 4.31. The standard InChI is InChI=1S/C18H27NO2/c1-4-21-18(20)15-8-10-16(11-9-15)19-12-17-13(2)6-5-7-14(17)3/h5-7,15-16,19H,4,8-12H2,1-3H3. The van der Waals surface area contributed by atoms with E-state index < -0.39 is 0 Å². The second kappa shape index (κ2) is 7.60. The molecular weight excluding hydrogens is 262 g/mol. The highest BCUT2D eigenvalue weighted by Gasteiger charge is 2.26. The van der Waals surface area contributed by atoms with Gasteiger partial charge < -0.3 is 10.1 Å². The summed E-state index contributed by atoms with van der Waals surface area (Å²) in [5.41, 5.74) is 4.11. The van der Waals surface area contributed by atoms with Crippen molar-refractivity contribution in [2.24, 2.45) is 5.92 Å². The average Bonchev–Trinajstić information content (AvgIpc) is 2.47. The molecule has 0 atom stereocenters. The zero-order valence-electron chi connectivity index (χ0n) is 13.4. The van der Waals surface area contributed by atoms with Crippen molar-refractivity contribution in [3.8, 4) is 0 Å². The van der Waals surface area contributed by atoms with Gasteiger partial charge >= 0.3 is 5.97 Å². The molecule has 1 aliphatic carbocycles. The molecule has 3 heteroatoms. The lowest BCUT2D eigenvalue weighted by molar-refractivity contribution is -0.149. The smallest absolute Gasteiger partial charge is 0.308 e. The van der Waals surface area contributed by atoms with Crippen LogP contribution >= 0.6 is 0 Å². The van der Waals surface area contributed by atoms with Crippen LogP contribution in [-0.4, -0.2) is 18.6 Å². The van der Waals surface area contributed by atoms with Crippen LogP contribution in [0.4, 0.5) is 0 Å². The molecule has 1 saturated carbocycles. The highest BCUT2D eigenvalue weighted by Crippen LogP contribution is 2.26. The third-order valence-electron chi connectivity index (χ3n) is 4.56. The highest BCUT2D eigenvalue weighted by molar-refractivity contribution is 5.72. The number of carbonyl (C=O) groups excluding carboxylic acids is 1. The molecule has 0 aliphatic heterocycles. The van der Waals surface area contributed by atoms with Crippen molar-refractivity contribution < 1.29 is 9.53 Å². The summed E-state index contributed by atoms with van der Waals surface area (Å²) in [7, 11) is 0. The van der Waals surface area contributed by atoms with Crippen molar-refractivity contribution in [3.63, 3.8) is 0 Å². The molecule has 0 spiro atoms. The van der Waals surface area contributed by atoms with Gasteiger partial charge in [0.15, 0.2) is 0 Å². The molecular formula is C18H27NO2. The number of esters is 1. The van der Waals surface area contributed by atoms with Crippen LogP contribution in [0.5, 0.6) is 0 Å². The maximum Gasteiger partial charge on any atom is 0.308 e. The van der Waals surface area contributed by atoms with Gasteiger partial charge in [-0.2, -0.15) is 0 Å². The topological polar surface area (TPSA) is 38.3 Å². The molecule has 0 bridgehead atoms. The van der Waals surface area contributed by atoms with Crippen molar-refractivity contribution in [2.45, 2.75) is 59.0 Å². The lowest BCUT2D eigenvalue weighted by atomic mass is 9.86. The minimum Gasteiger partial charge on any atom is -0.466 e. The molecule has 1 aliphatic rings. The molecule has 1 N–H and O–H groups in total. The predicted molar refractivity (Wildman–Crippen MR) is 85.1 cm³/mol. The first-order valence-electron chi connectivity index (χ1n) is 8.07. The number of aryl methyl sites for hydroxylation is 2. The fourth-order valence-electron chi connectivity index (χ4n) is 3.17. The number of benzene rings is 1. The summed E-state index contributed by atoms with van der Waals surface area (Å²) in [6.45, 7) is 7.62. The molecule has 1 aromatic carbocycles. The second-order valence-electron chi connectivity index (χ2n) is 6.05. The minimum absolute atomic E-state index is 0.00861. The van der Waals surface area contributed by atoms with Crippen LogP contribution in [0.15, 0.2) is 18.2 Å². The molecule has 0 unspecified atom stereocenters. The normalized spacial score (nSPS) is 22.0. The van der Waals surface area contributed by atoms with Gasteiger partial charge in [-0.15, -0.1) is 0 Å². The van der Waals surface area contributed by atoms with Gasteiger partial charge in [-0.3, -0.25) is 4.79 Å². The average molecular weight is 289 g/mol. The van der Waals surface area contributed by atoms with Gasteiger partial charge in [-0.25, -0.2) is 0 Å². The van der Waals surface area contributed by atoms with Crippen LogP contribution in [0.2, 0.25) is 0 Å². The molecule has 1 fully saturated rings. The Morgan fingerprint density at radius 3 is 2.38 bits per heavy atom. The Labute approximate surface area is 128 Å². The van der Waals surface area contributed by atoms with Crippen LogP contribution in [0, 0.1) is 19.8 Å². The van der Waals surface area contributed by atoms with E-state index in [4.69, 9.17) is 4.74 Å². The molecule has 1 aromatic rings. The lowest BCUT2D eigenvalue weighted by Crippen LogP contribution is -2.35. The SMILES string of the molecule is CCOC(=O)C1CCC(NCc2c(C)cccc2C)CC1. The van der Waals surface area contributed by atoms with Crippen molar-refractivity contribution >= 4 is 5.97 Å². The van der Waals surface area contributed by atoms with Crippen molar-refractivity contribution in [1.29, 1.82) is 0 Å². The van der Waals surface area contributed by atoms with E-state index in [1.54, 1.807) is 0 Å².